The van der Waals surface area contributed by atoms with Crippen LogP contribution in [0.15, 0.2) is 41.8 Å². The van der Waals surface area contributed by atoms with Crippen LogP contribution in [0.1, 0.15) is 56.1 Å². The highest BCUT2D eigenvalue weighted by Crippen LogP contribution is 2.42. The summed E-state index contributed by atoms with van der Waals surface area (Å²) < 4.78 is 56.3. The fourth-order valence-corrected chi connectivity index (χ4v) is 4.48. The van der Waals surface area contributed by atoms with Crippen LogP contribution in [-0.2, 0) is 6.42 Å². The maximum Gasteiger partial charge on any atom is 0.169 e. The van der Waals surface area contributed by atoms with Crippen LogP contribution in [0, 0.1) is 23.5 Å². The van der Waals surface area contributed by atoms with E-state index in [1.165, 1.54) is 12.1 Å². The number of benzene rings is 1. The maximum absolute atomic E-state index is 14.7. The van der Waals surface area contributed by atoms with Gasteiger partial charge in [-0.2, -0.15) is 0 Å². The predicted octanol–water partition coefficient (Wildman–Crippen LogP) is 6.55. The number of unbranched alkanes of at least 4 members (excludes halogenated alkanes) is 1. The van der Waals surface area contributed by atoms with Gasteiger partial charge in [0.2, 0.25) is 0 Å². The highest BCUT2D eigenvalue weighted by molar-refractivity contribution is 5.74. The third-order valence-electron chi connectivity index (χ3n) is 6.06. The van der Waals surface area contributed by atoms with Crippen LogP contribution in [-0.4, -0.2) is 6.54 Å². The second-order valence-corrected chi connectivity index (χ2v) is 7.92. The van der Waals surface area contributed by atoms with Crippen LogP contribution >= 0.6 is 0 Å². The van der Waals surface area contributed by atoms with Gasteiger partial charge in [-0.25, -0.2) is 17.6 Å². The molecular weight excluding hydrogens is 366 g/mol. The number of halogens is 4. The molecule has 1 saturated carbocycles. The Hall–Kier alpha value is -1.88. The number of hydrogen-bond acceptors (Lipinski definition) is 1. The number of hydrogen-bond donors (Lipinski definition) is 1. The van der Waals surface area contributed by atoms with E-state index < -0.39 is 23.3 Å². The van der Waals surface area contributed by atoms with E-state index in [9.17, 15) is 17.6 Å². The number of rotatable bonds is 7. The van der Waals surface area contributed by atoms with Crippen molar-refractivity contribution in [3.63, 3.8) is 0 Å². The quantitative estimate of drug-likeness (QED) is 0.317. The van der Waals surface area contributed by atoms with Crippen molar-refractivity contribution in [3.8, 4) is 0 Å². The first kappa shape index (κ1) is 20.8. The predicted molar refractivity (Wildman–Crippen MR) is 105 cm³/mol. The number of fused-ring (bicyclic) bond motifs is 1. The summed E-state index contributed by atoms with van der Waals surface area (Å²) in [5.41, 5.74) is 6.17. The molecule has 152 valence electrons. The normalized spacial score (nSPS) is 22.5. The molecule has 0 spiro atoms. The standard InChI is InChI=1S/C23H27F4N/c1-14(24)19(16-7-5-15(6-8-16)4-2-3-11-28)13-18-12-17-9-10-20(25)23(27)21(17)22(18)26/h9-10,13,15-16H,1-8,11-12,28H2/b19-13+. The second kappa shape index (κ2) is 9.08. The van der Waals surface area contributed by atoms with Crippen molar-refractivity contribution in [1.82, 2.24) is 0 Å². The molecule has 0 heterocycles. The Morgan fingerprint density at radius 1 is 1.11 bits per heavy atom. The van der Waals surface area contributed by atoms with Crippen molar-refractivity contribution in [1.29, 1.82) is 0 Å². The summed E-state index contributed by atoms with van der Waals surface area (Å²) in [6.07, 6.45) is 8.53. The van der Waals surface area contributed by atoms with Crippen molar-refractivity contribution >= 4 is 5.83 Å². The topological polar surface area (TPSA) is 26.0 Å². The lowest BCUT2D eigenvalue weighted by atomic mass is 9.76. The Balaban J connectivity index is 1.75. The van der Waals surface area contributed by atoms with Gasteiger partial charge in [0.25, 0.3) is 0 Å². The Labute approximate surface area is 164 Å². The molecule has 3 rings (SSSR count). The summed E-state index contributed by atoms with van der Waals surface area (Å²) >= 11 is 0. The zero-order valence-electron chi connectivity index (χ0n) is 16.0. The van der Waals surface area contributed by atoms with Crippen LogP contribution in [0.4, 0.5) is 17.6 Å². The zero-order valence-corrected chi connectivity index (χ0v) is 16.0. The van der Waals surface area contributed by atoms with Crippen LogP contribution < -0.4 is 5.73 Å². The van der Waals surface area contributed by atoms with E-state index in [4.69, 9.17) is 5.73 Å². The Kier molecular flexibility index (Phi) is 6.76. The van der Waals surface area contributed by atoms with Gasteiger partial charge in [-0.3, -0.25) is 0 Å². The third-order valence-corrected chi connectivity index (χ3v) is 6.06. The molecule has 0 saturated heterocycles. The summed E-state index contributed by atoms with van der Waals surface area (Å²) in [7, 11) is 0. The summed E-state index contributed by atoms with van der Waals surface area (Å²) in [4.78, 5) is 0. The van der Waals surface area contributed by atoms with E-state index in [1.54, 1.807) is 0 Å². The molecule has 0 atom stereocenters. The van der Waals surface area contributed by atoms with Gasteiger partial charge in [-0.15, -0.1) is 0 Å². The second-order valence-electron chi connectivity index (χ2n) is 7.92. The maximum atomic E-state index is 14.7. The van der Waals surface area contributed by atoms with Crippen molar-refractivity contribution in [2.24, 2.45) is 17.6 Å². The van der Waals surface area contributed by atoms with Crippen LogP contribution in [0.3, 0.4) is 0 Å². The van der Waals surface area contributed by atoms with Crippen molar-refractivity contribution < 1.29 is 17.6 Å². The molecule has 1 aromatic rings. The molecule has 1 nitrogen and oxygen atoms in total. The fraction of sp³-hybridized carbons (Fsp3) is 0.478. The molecule has 0 aromatic heterocycles. The molecule has 0 bridgehead atoms. The molecule has 2 aliphatic rings. The Morgan fingerprint density at radius 2 is 1.82 bits per heavy atom. The Bertz CT molecular complexity index is 801. The third kappa shape index (κ3) is 4.40. The van der Waals surface area contributed by atoms with Crippen molar-refractivity contribution in [2.45, 2.75) is 51.4 Å². The average molecular weight is 393 g/mol. The van der Waals surface area contributed by atoms with E-state index in [0.717, 1.165) is 51.0 Å². The van der Waals surface area contributed by atoms with Gasteiger partial charge in [-0.05, 0) is 79.3 Å². The number of allylic oxidation sites excluding steroid dienone is 4. The lowest BCUT2D eigenvalue weighted by molar-refractivity contribution is 0.280. The van der Waals surface area contributed by atoms with Gasteiger partial charge in [0.1, 0.15) is 11.7 Å². The van der Waals surface area contributed by atoms with Crippen LogP contribution in [0.5, 0.6) is 0 Å². The molecule has 0 amide bonds. The van der Waals surface area contributed by atoms with E-state index in [0.29, 0.717) is 23.6 Å². The SMILES string of the molecule is C=C(F)/C(=C\C1=C(F)c2c(ccc(F)c2F)C1)C1CCC(CCCCN)CC1. The lowest BCUT2D eigenvalue weighted by Gasteiger charge is -2.30. The molecule has 1 fully saturated rings. The van der Waals surface area contributed by atoms with E-state index in [-0.39, 0.29) is 23.5 Å². The smallest absolute Gasteiger partial charge is 0.169 e. The minimum absolute atomic E-state index is 0.0196. The summed E-state index contributed by atoms with van der Waals surface area (Å²) in [5.74, 6) is -3.04. The molecule has 5 heteroatoms. The first-order valence-electron chi connectivity index (χ1n) is 10.0. The van der Waals surface area contributed by atoms with Gasteiger partial charge < -0.3 is 5.73 Å². The Morgan fingerprint density at radius 3 is 2.46 bits per heavy atom. The van der Waals surface area contributed by atoms with Gasteiger partial charge in [0.15, 0.2) is 11.6 Å². The summed E-state index contributed by atoms with van der Waals surface area (Å²) in [6.45, 7) is 4.14. The highest BCUT2D eigenvalue weighted by atomic mass is 19.2. The average Bonchev–Trinajstić information content (AvgIpc) is 3.00. The van der Waals surface area contributed by atoms with Crippen molar-refractivity contribution in [2.75, 3.05) is 6.54 Å². The summed E-state index contributed by atoms with van der Waals surface area (Å²) in [6, 6.07) is 2.37. The van der Waals surface area contributed by atoms with Crippen LogP contribution in [0.2, 0.25) is 0 Å². The molecule has 0 radical (unpaired) electrons. The van der Waals surface area contributed by atoms with Gasteiger partial charge in [0, 0.05) is 6.42 Å². The molecule has 2 aliphatic carbocycles. The van der Waals surface area contributed by atoms with E-state index in [1.807, 2.05) is 0 Å². The lowest BCUT2D eigenvalue weighted by Crippen LogP contribution is -2.17. The van der Waals surface area contributed by atoms with Crippen molar-refractivity contribution in [3.05, 3.63) is 64.5 Å². The monoisotopic (exact) mass is 393 g/mol. The summed E-state index contributed by atoms with van der Waals surface area (Å²) in [5, 5.41) is 0. The molecule has 0 aliphatic heterocycles. The molecule has 2 N–H and O–H groups in total. The molecule has 28 heavy (non-hydrogen) atoms. The van der Waals surface area contributed by atoms with Gasteiger partial charge in [-0.1, -0.05) is 25.5 Å². The van der Waals surface area contributed by atoms with Gasteiger partial charge in [0.05, 0.1) is 5.56 Å². The van der Waals surface area contributed by atoms with E-state index in [2.05, 4.69) is 6.58 Å². The first-order chi connectivity index (χ1) is 13.4. The molecule has 1 aromatic carbocycles. The molecule has 0 unspecified atom stereocenters. The van der Waals surface area contributed by atoms with Crippen LogP contribution in [0.25, 0.3) is 5.83 Å². The first-order valence-corrected chi connectivity index (χ1v) is 10.0. The van der Waals surface area contributed by atoms with Gasteiger partial charge >= 0.3 is 0 Å². The minimum Gasteiger partial charge on any atom is -0.330 e. The van der Waals surface area contributed by atoms with E-state index >= 15 is 0 Å². The highest BCUT2D eigenvalue weighted by Gasteiger charge is 2.29. The minimum atomic E-state index is -1.18. The largest absolute Gasteiger partial charge is 0.330 e. The number of nitrogens with two attached hydrogens (primary N) is 1. The fourth-order valence-electron chi connectivity index (χ4n) is 4.48. The molecular formula is C23H27F4N. The zero-order chi connectivity index (χ0) is 20.3.